The van der Waals surface area contributed by atoms with Crippen LogP contribution in [0.15, 0.2) is 48.5 Å². The maximum Gasteiger partial charge on any atom is 0.199 e. The minimum atomic E-state index is -0.607. The van der Waals surface area contributed by atoms with E-state index >= 15 is 0 Å². The zero-order valence-corrected chi connectivity index (χ0v) is 9.92. The first-order chi connectivity index (χ1) is 8.81. The molecule has 0 spiro atoms. The number of Topliss-reactive ketones (excluding diaryl/α,β-unsaturated/α-hetero) is 1. The summed E-state index contributed by atoms with van der Waals surface area (Å²) in [6.45, 7) is 0. The molecule has 1 unspecified atom stereocenters. The number of hydrogen-bond donors (Lipinski definition) is 0. The third-order valence-electron chi connectivity index (χ3n) is 3.05. The van der Waals surface area contributed by atoms with Gasteiger partial charge in [0.15, 0.2) is 5.78 Å². The molecule has 0 aromatic heterocycles. The van der Waals surface area contributed by atoms with Gasteiger partial charge in [-0.15, -0.1) is 0 Å². The fraction of sp³-hybridized carbons (Fsp3) is 0.133. The topological polar surface area (TPSA) is 35.5 Å². The number of carbonyl (C=O) groups is 1. The van der Waals surface area contributed by atoms with Crippen LogP contribution in [-0.4, -0.2) is 12.9 Å². The molecule has 3 nitrogen and oxygen atoms in total. The monoisotopic (exact) mass is 240 g/mol. The van der Waals surface area contributed by atoms with Crippen LogP contribution in [0.4, 0.5) is 0 Å². The second-order valence-electron chi connectivity index (χ2n) is 4.12. The molecule has 0 radical (unpaired) electrons. The lowest BCUT2D eigenvalue weighted by atomic mass is 10.00. The summed E-state index contributed by atoms with van der Waals surface area (Å²) in [6.07, 6.45) is -0.607. The van der Waals surface area contributed by atoms with Crippen molar-refractivity contribution >= 4 is 5.78 Å². The first kappa shape index (κ1) is 11.0. The Morgan fingerprint density at radius 2 is 1.67 bits per heavy atom. The third-order valence-corrected chi connectivity index (χ3v) is 3.05. The number of ether oxygens (including phenoxy) is 2. The summed E-state index contributed by atoms with van der Waals surface area (Å²) >= 11 is 0. The number of carbonyl (C=O) groups excluding carboxylic acids is 1. The highest BCUT2D eigenvalue weighted by Crippen LogP contribution is 2.39. The van der Waals surface area contributed by atoms with E-state index in [1.165, 1.54) is 7.11 Å². The number of methoxy groups -OCH3 is 1. The van der Waals surface area contributed by atoms with Crippen molar-refractivity contribution in [3.05, 3.63) is 59.7 Å². The van der Waals surface area contributed by atoms with Gasteiger partial charge >= 0.3 is 0 Å². The molecule has 1 heterocycles. The Morgan fingerprint density at radius 3 is 2.44 bits per heavy atom. The fourth-order valence-electron chi connectivity index (χ4n) is 2.18. The van der Waals surface area contributed by atoms with Crippen molar-refractivity contribution < 1.29 is 14.3 Å². The SMILES string of the molecule is COC1C(=O)c2ccccc2Oc2ccccc21. The Labute approximate surface area is 105 Å². The number of rotatable bonds is 1. The van der Waals surface area contributed by atoms with Gasteiger partial charge in [0.1, 0.15) is 17.6 Å². The van der Waals surface area contributed by atoms with E-state index in [1.54, 1.807) is 12.1 Å². The smallest absolute Gasteiger partial charge is 0.199 e. The van der Waals surface area contributed by atoms with Crippen LogP contribution in [0.2, 0.25) is 0 Å². The number of ketones is 1. The van der Waals surface area contributed by atoms with Gasteiger partial charge in [0.05, 0.1) is 5.56 Å². The zero-order valence-electron chi connectivity index (χ0n) is 9.92. The van der Waals surface area contributed by atoms with E-state index in [9.17, 15) is 4.79 Å². The molecular weight excluding hydrogens is 228 g/mol. The lowest BCUT2D eigenvalue weighted by Crippen LogP contribution is -2.13. The molecule has 90 valence electrons. The maximum atomic E-state index is 12.4. The van der Waals surface area contributed by atoms with Crippen molar-refractivity contribution in [3.63, 3.8) is 0 Å². The van der Waals surface area contributed by atoms with Crippen molar-refractivity contribution in [2.45, 2.75) is 6.10 Å². The molecule has 0 N–H and O–H groups in total. The van der Waals surface area contributed by atoms with E-state index in [1.807, 2.05) is 36.4 Å². The minimum absolute atomic E-state index is 0.0712. The number of fused-ring (bicyclic) bond motifs is 2. The lowest BCUT2D eigenvalue weighted by molar-refractivity contribution is 0.0607. The van der Waals surface area contributed by atoms with Crippen LogP contribution in [0.3, 0.4) is 0 Å². The van der Waals surface area contributed by atoms with Gasteiger partial charge < -0.3 is 9.47 Å². The lowest BCUT2D eigenvalue weighted by Gasteiger charge is -2.13. The summed E-state index contributed by atoms with van der Waals surface area (Å²) in [5.41, 5.74) is 1.32. The molecular formula is C15H12O3. The molecule has 3 heteroatoms. The summed E-state index contributed by atoms with van der Waals surface area (Å²) < 4.78 is 11.1. The fourth-order valence-corrected chi connectivity index (χ4v) is 2.18. The molecule has 3 rings (SSSR count). The van der Waals surface area contributed by atoms with Gasteiger partial charge in [-0.05, 0) is 18.2 Å². The van der Waals surface area contributed by atoms with Gasteiger partial charge in [0, 0.05) is 12.7 Å². The van der Waals surface area contributed by atoms with Crippen LogP contribution in [0, 0.1) is 0 Å². The molecule has 0 fully saturated rings. The predicted molar refractivity (Wildman–Crippen MR) is 67.0 cm³/mol. The molecule has 1 aliphatic heterocycles. The quantitative estimate of drug-likeness (QED) is 0.766. The van der Waals surface area contributed by atoms with E-state index in [-0.39, 0.29) is 5.78 Å². The van der Waals surface area contributed by atoms with Crippen LogP contribution < -0.4 is 4.74 Å². The Morgan fingerprint density at radius 1 is 1.00 bits per heavy atom. The van der Waals surface area contributed by atoms with Gasteiger partial charge in [-0.25, -0.2) is 0 Å². The maximum absolute atomic E-state index is 12.4. The van der Waals surface area contributed by atoms with Gasteiger partial charge in [-0.2, -0.15) is 0 Å². The molecule has 2 aromatic rings. The number of para-hydroxylation sites is 2. The van der Waals surface area contributed by atoms with Crippen LogP contribution in [-0.2, 0) is 4.74 Å². The number of hydrogen-bond acceptors (Lipinski definition) is 3. The average Bonchev–Trinajstić information content (AvgIpc) is 2.53. The van der Waals surface area contributed by atoms with Gasteiger partial charge in [-0.1, -0.05) is 30.3 Å². The highest BCUT2D eigenvalue weighted by molar-refractivity contribution is 6.03. The summed E-state index contributed by atoms with van der Waals surface area (Å²) in [5, 5.41) is 0. The van der Waals surface area contributed by atoms with E-state index in [0.29, 0.717) is 17.1 Å². The minimum Gasteiger partial charge on any atom is -0.456 e. The normalized spacial score (nSPS) is 17.4. The molecule has 0 aliphatic carbocycles. The van der Waals surface area contributed by atoms with Crippen LogP contribution >= 0.6 is 0 Å². The molecule has 0 saturated carbocycles. The van der Waals surface area contributed by atoms with E-state index in [4.69, 9.17) is 9.47 Å². The van der Waals surface area contributed by atoms with Crippen molar-refractivity contribution in [3.8, 4) is 11.5 Å². The van der Waals surface area contributed by atoms with Crippen LogP contribution in [0.25, 0.3) is 0 Å². The second-order valence-corrected chi connectivity index (χ2v) is 4.12. The van der Waals surface area contributed by atoms with Gasteiger partial charge in [0.25, 0.3) is 0 Å². The van der Waals surface area contributed by atoms with Gasteiger partial charge in [0.2, 0.25) is 0 Å². The van der Waals surface area contributed by atoms with Crippen molar-refractivity contribution in [1.29, 1.82) is 0 Å². The van der Waals surface area contributed by atoms with Crippen LogP contribution in [0.1, 0.15) is 22.0 Å². The zero-order chi connectivity index (χ0) is 12.5. The van der Waals surface area contributed by atoms with E-state index in [0.717, 1.165) is 5.56 Å². The summed E-state index contributed by atoms with van der Waals surface area (Å²) in [4.78, 5) is 12.4. The molecule has 1 atom stereocenters. The Hall–Kier alpha value is -2.13. The molecule has 0 amide bonds. The number of benzene rings is 2. The molecule has 1 aliphatic rings. The Kier molecular flexibility index (Phi) is 2.61. The van der Waals surface area contributed by atoms with Crippen molar-refractivity contribution in [2.75, 3.05) is 7.11 Å². The van der Waals surface area contributed by atoms with Crippen LogP contribution in [0.5, 0.6) is 11.5 Å². The molecule has 0 saturated heterocycles. The van der Waals surface area contributed by atoms with Crippen molar-refractivity contribution in [1.82, 2.24) is 0 Å². The standard InChI is InChI=1S/C15H12O3/c1-17-15-11-7-3-5-9-13(11)18-12-8-4-2-6-10(12)14(15)16/h2-9,15H,1H3. The van der Waals surface area contributed by atoms with Crippen molar-refractivity contribution in [2.24, 2.45) is 0 Å². The Bertz CT molecular complexity index is 604. The third kappa shape index (κ3) is 1.60. The summed E-state index contributed by atoms with van der Waals surface area (Å²) in [6, 6.07) is 14.7. The first-order valence-electron chi connectivity index (χ1n) is 5.74. The second kappa shape index (κ2) is 4.27. The molecule has 0 bridgehead atoms. The average molecular weight is 240 g/mol. The first-order valence-corrected chi connectivity index (χ1v) is 5.74. The highest BCUT2D eigenvalue weighted by atomic mass is 16.5. The molecule has 18 heavy (non-hydrogen) atoms. The largest absolute Gasteiger partial charge is 0.456 e. The predicted octanol–water partition coefficient (Wildman–Crippen LogP) is 3.36. The summed E-state index contributed by atoms with van der Waals surface area (Å²) in [5.74, 6) is 1.18. The molecule has 2 aromatic carbocycles. The van der Waals surface area contributed by atoms with Gasteiger partial charge in [-0.3, -0.25) is 4.79 Å². The Balaban J connectivity index is 2.23. The highest BCUT2D eigenvalue weighted by Gasteiger charge is 2.30. The van der Waals surface area contributed by atoms with E-state index in [2.05, 4.69) is 0 Å². The summed E-state index contributed by atoms with van der Waals surface area (Å²) in [7, 11) is 1.54. The van der Waals surface area contributed by atoms with E-state index < -0.39 is 6.10 Å².